The molecule has 1 aliphatic carbocycles. The van der Waals surface area contributed by atoms with Gasteiger partial charge in [0, 0.05) is 25.1 Å². The Balaban J connectivity index is 1.28. The molecule has 0 bridgehead atoms. The molecule has 1 N–H and O–H groups in total. The van der Waals surface area contributed by atoms with Crippen LogP contribution in [0, 0.1) is 0 Å². The van der Waals surface area contributed by atoms with Crippen molar-refractivity contribution in [1.29, 1.82) is 0 Å². The molecule has 0 spiro atoms. The summed E-state index contributed by atoms with van der Waals surface area (Å²) >= 11 is 0. The Bertz CT molecular complexity index is 1160. The monoisotopic (exact) mass is 435 g/mol. The molecular weight excluding hydrogens is 414 g/mol. The van der Waals surface area contributed by atoms with Gasteiger partial charge in [-0.25, -0.2) is 0 Å². The molecular formula is C22H21N5O5. The highest BCUT2D eigenvalue weighted by Crippen LogP contribution is 2.40. The Morgan fingerprint density at radius 3 is 2.75 bits per heavy atom. The number of piperidine rings is 1. The first-order valence-corrected chi connectivity index (χ1v) is 10.5. The molecule has 2 aromatic rings. The van der Waals surface area contributed by atoms with Crippen molar-refractivity contribution in [1.82, 2.24) is 25.3 Å². The number of nitrogens with one attached hydrogen (secondary N) is 1. The zero-order valence-electron chi connectivity index (χ0n) is 17.4. The number of carbonyl (C=O) groups is 4. The molecule has 164 valence electrons. The molecule has 5 rings (SSSR count). The summed E-state index contributed by atoms with van der Waals surface area (Å²) < 4.78 is 5.36. The van der Waals surface area contributed by atoms with E-state index >= 15 is 0 Å². The van der Waals surface area contributed by atoms with Crippen LogP contribution >= 0.6 is 0 Å². The molecule has 2 fully saturated rings. The van der Waals surface area contributed by atoms with Crippen LogP contribution in [-0.2, 0) is 25.7 Å². The number of hydrogen-bond acceptors (Lipinski definition) is 8. The fourth-order valence-electron chi connectivity index (χ4n) is 4.04. The van der Waals surface area contributed by atoms with E-state index < -0.39 is 29.7 Å². The number of imide groups is 2. The fourth-order valence-corrected chi connectivity index (χ4v) is 4.04. The fraction of sp³-hybridized carbons (Fsp3) is 0.364. The van der Waals surface area contributed by atoms with Crippen LogP contribution in [0.1, 0.15) is 43.1 Å². The first-order valence-electron chi connectivity index (χ1n) is 10.5. The molecule has 1 atom stereocenters. The van der Waals surface area contributed by atoms with Gasteiger partial charge >= 0.3 is 0 Å². The number of nitrogens with zero attached hydrogens (tertiary/aromatic N) is 4. The van der Waals surface area contributed by atoms with Gasteiger partial charge in [0.1, 0.15) is 11.7 Å². The molecule has 32 heavy (non-hydrogen) atoms. The van der Waals surface area contributed by atoms with Gasteiger partial charge < -0.3 is 9.42 Å². The van der Waals surface area contributed by atoms with Gasteiger partial charge in [-0.3, -0.25) is 29.4 Å². The second kappa shape index (κ2) is 7.70. The maximum Gasteiger partial charge on any atom is 0.277 e. The van der Waals surface area contributed by atoms with Gasteiger partial charge in [-0.15, -0.1) is 0 Å². The van der Waals surface area contributed by atoms with E-state index in [1.54, 1.807) is 7.05 Å². The lowest BCUT2D eigenvalue weighted by Crippen LogP contribution is -2.54. The quantitative estimate of drug-likeness (QED) is 0.669. The molecule has 10 heteroatoms. The predicted octanol–water partition coefficient (Wildman–Crippen LogP) is 1.10. The van der Waals surface area contributed by atoms with Gasteiger partial charge in [-0.1, -0.05) is 23.4 Å². The smallest absolute Gasteiger partial charge is 0.277 e. The Morgan fingerprint density at radius 1 is 1.19 bits per heavy atom. The van der Waals surface area contributed by atoms with E-state index in [2.05, 4.69) is 27.6 Å². The van der Waals surface area contributed by atoms with Crippen molar-refractivity contribution in [2.45, 2.75) is 44.2 Å². The maximum absolute atomic E-state index is 12.9. The minimum atomic E-state index is -0.997. The lowest BCUT2D eigenvalue weighted by molar-refractivity contribution is -0.150. The van der Waals surface area contributed by atoms with Crippen molar-refractivity contribution < 1.29 is 23.7 Å². The van der Waals surface area contributed by atoms with Crippen LogP contribution in [0.15, 0.2) is 40.6 Å². The van der Waals surface area contributed by atoms with Crippen molar-refractivity contribution in [3.05, 3.63) is 47.5 Å². The Hall–Kier alpha value is -3.82. The van der Waals surface area contributed by atoms with E-state index in [1.165, 1.54) is 29.4 Å². The highest BCUT2D eigenvalue weighted by molar-refractivity contribution is 6.18. The number of amides is 4. The molecule has 1 saturated heterocycles. The van der Waals surface area contributed by atoms with Gasteiger partial charge in [0.2, 0.25) is 23.5 Å². The lowest BCUT2D eigenvalue weighted by Gasteiger charge is -2.29. The number of hydrogen-bond donors (Lipinski definition) is 1. The van der Waals surface area contributed by atoms with Crippen LogP contribution in [0.2, 0.25) is 0 Å². The standard InChI is InChI=1S/C22H21N5O5/c1-26(16-10-19(29)27(22(16)31)15-7-8-17(28)23-21(15)30)11-18-24-20(25-32-18)14-4-2-3-13(9-14)12-5-6-12/h2-4,9-10,12,15H,5-8,11H2,1H3,(H,23,28,30). The molecule has 0 radical (unpaired) electrons. The minimum Gasteiger partial charge on any atom is -0.361 e. The van der Waals surface area contributed by atoms with Crippen molar-refractivity contribution in [3.8, 4) is 11.4 Å². The van der Waals surface area contributed by atoms with Crippen molar-refractivity contribution in [3.63, 3.8) is 0 Å². The van der Waals surface area contributed by atoms with E-state index in [9.17, 15) is 19.2 Å². The zero-order chi connectivity index (χ0) is 22.4. The van der Waals surface area contributed by atoms with Gasteiger partial charge in [0.05, 0.1) is 6.54 Å². The molecule has 3 aliphatic rings. The van der Waals surface area contributed by atoms with Crippen LogP contribution in [0.3, 0.4) is 0 Å². The molecule has 4 amide bonds. The average molecular weight is 435 g/mol. The van der Waals surface area contributed by atoms with E-state index in [4.69, 9.17) is 4.52 Å². The molecule has 1 aromatic carbocycles. The third-order valence-corrected chi connectivity index (χ3v) is 5.90. The normalized spacial score (nSPS) is 21.1. The summed E-state index contributed by atoms with van der Waals surface area (Å²) in [5, 5.41) is 6.22. The van der Waals surface area contributed by atoms with Crippen LogP contribution in [0.25, 0.3) is 11.4 Å². The van der Waals surface area contributed by atoms with Gasteiger partial charge in [-0.2, -0.15) is 4.98 Å². The SMILES string of the molecule is CN(Cc1nc(-c2cccc(C3CC3)c2)no1)C1=CC(=O)N(C2CCC(=O)NC2=O)C1=O. The van der Waals surface area contributed by atoms with Crippen LogP contribution < -0.4 is 5.32 Å². The summed E-state index contributed by atoms with van der Waals surface area (Å²) in [6, 6.07) is 7.06. The summed E-state index contributed by atoms with van der Waals surface area (Å²) in [4.78, 5) is 55.7. The van der Waals surface area contributed by atoms with Crippen molar-refractivity contribution in [2.24, 2.45) is 0 Å². The summed E-state index contributed by atoms with van der Waals surface area (Å²) in [5.41, 5.74) is 2.25. The van der Waals surface area contributed by atoms with Gasteiger partial charge in [0.15, 0.2) is 0 Å². The Kier molecular flexibility index (Phi) is 4.84. The Labute approximate surface area is 183 Å². The Morgan fingerprint density at radius 2 is 2.00 bits per heavy atom. The highest BCUT2D eigenvalue weighted by Gasteiger charge is 2.43. The molecule has 2 aliphatic heterocycles. The maximum atomic E-state index is 12.9. The summed E-state index contributed by atoms with van der Waals surface area (Å²) in [6.45, 7) is 0.114. The molecule has 10 nitrogen and oxygen atoms in total. The van der Waals surface area contributed by atoms with E-state index in [0.717, 1.165) is 10.5 Å². The summed E-state index contributed by atoms with van der Waals surface area (Å²) in [6.07, 6.45) is 3.76. The van der Waals surface area contributed by atoms with Crippen molar-refractivity contribution in [2.75, 3.05) is 7.05 Å². The highest BCUT2D eigenvalue weighted by atomic mass is 16.5. The summed E-state index contributed by atoms with van der Waals surface area (Å²) in [7, 11) is 1.63. The topological polar surface area (TPSA) is 126 Å². The van der Waals surface area contributed by atoms with Crippen molar-refractivity contribution >= 4 is 23.6 Å². The lowest BCUT2D eigenvalue weighted by atomic mass is 10.0. The zero-order valence-corrected chi connectivity index (χ0v) is 17.4. The van der Waals surface area contributed by atoms with Crippen LogP contribution in [0.5, 0.6) is 0 Å². The predicted molar refractivity (Wildman–Crippen MR) is 109 cm³/mol. The third-order valence-electron chi connectivity index (χ3n) is 5.90. The number of rotatable bonds is 6. The number of benzene rings is 1. The van der Waals surface area contributed by atoms with Crippen LogP contribution in [0.4, 0.5) is 0 Å². The third kappa shape index (κ3) is 3.68. The summed E-state index contributed by atoms with van der Waals surface area (Å²) in [5.74, 6) is -0.875. The first-order chi connectivity index (χ1) is 15.4. The number of likely N-dealkylation sites (N-methyl/N-ethyl adjacent to an activating group) is 1. The van der Waals surface area contributed by atoms with Crippen LogP contribution in [-0.4, -0.2) is 56.7 Å². The van der Waals surface area contributed by atoms with E-state index in [0.29, 0.717) is 17.6 Å². The first kappa shape index (κ1) is 20.1. The van der Waals surface area contributed by atoms with Gasteiger partial charge in [-0.05, 0) is 36.8 Å². The average Bonchev–Trinajstić information content (AvgIpc) is 3.45. The molecule has 1 unspecified atom stereocenters. The molecule has 1 saturated carbocycles. The largest absolute Gasteiger partial charge is 0.361 e. The molecule has 3 heterocycles. The van der Waals surface area contributed by atoms with E-state index in [1.807, 2.05) is 12.1 Å². The minimum absolute atomic E-state index is 0.0747. The number of carbonyl (C=O) groups excluding carboxylic acids is 4. The molecule has 1 aromatic heterocycles. The second-order valence-electron chi connectivity index (χ2n) is 8.28. The van der Waals surface area contributed by atoms with Gasteiger partial charge in [0.25, 0.3) is 11.8 Å². The number of aromatic nitrogens is 2. The second-order valence-corrected chi connectivity index (χ2v) is 8.28. The van der Waals surface area contributed by atoms with E-state index in [-0.39, 0.29) is 25.1 Å².